The van der Waals surface area contributed by atoms with Crippen molar-refractivity contribution in [2.24, 2.45) is 5.73 Å². The number of aromatic nitrogens is 1. The van der Waals surface area contributed by atoms with Gasteiger partial charge in [0.25, 0.3) is 0 Å². The first-order valence-electron chi connectivity index (χ1n) is 7.02. The molecule has 5 heteroatoms. The summed E-state index contributed by atoms with van der Waals surface area (Å²) in [5, 5.41) is 0. The number of carbonyl (C=O) groups is 1. The molecule has 1 aliphatic heterocycles. The summed E-state index contributed by atoms with van der Waals surface area (Å²) in [5.41, 5.74) is 13.0. The van der Waals surface area contributed by atoms with Gasteiger partial charge in [-0.3, -0.25) is 4.79 Å². The van der Waals surface area contributed by atoms with Crippen LogP contribution in [0, 0.1) is 0 Å². The van der Waals surface area contributed by atoms with Gasteiger partial charge in [0.05, 0.1) is 6.54 Å². The Morgan fingerprint density at radius 2 is 1.81 bits per heavy atom. The fraction of sp³-hybridized carbons (Fsp3) is 0.250. The summed E-state index contributed by atoms with van der Waals surface area (Å²) in [6.45, 7) is 0.756. The zero-order valence-corrected chi connectivity index (χ0v) is 11.7. The fourth-order valence-corrected chi connectivity index (χ4v) is 2.91. The lowest BCUT2D eigenvalue weighted by atomic mass is 10.1. The molecular formula is C16H19N4O+. The second-order valence-electron chi connectivity index (χ2n) is 5.37. The third-order valence-electron chi connectivity index (χ3n) is 3.99. The van der Waals surface area contributed by atoms with Gasteiger partial charge in [0.1, 0.15) is 6.04 Å². The summed E-state index contributed by atoms with van der Waals surface area (Å²) in [4.78, 5) is 13.8. The quantitative estimate of drug-likeness (QED) is 0.648. The molecule has 0 radical (unpaired) electrons. The Hall–Kier alpha value is -2.56. The van der Waals surface area contributed by atoms with Gasteiger partial charge in [-0.25, -0.2) is 4.57 Å². The Balaban J connectivity index is 1.88. The summed E-state index contributed by atoms with van der Waals surface area (Å²) < 4.78 is 2.13. The molecule has 1 saturated heterocycles. The zero-order chi connectivity index (χ0) is 14.8. The van der Waals surface area contributed by atoms with E-state index in [1.807, 2.05) is 54.9 Å². The number of carbonyl (C=O) groups excluding carboxylic acids is 1. The highest BCUT2D eigenvalue weighted by atomic mass is 16.1. The highest BCUT2D eigenvalue weighted by molar-refractivity contribution is 5.84. The van der Waals surface area contributed by atoms with Crippen LogP contribution in [0.3, 0.4) is 0 Å². The van der Waals surface area contributed by atoms with Crippen molar-refractivity contribution in [3.8, 4) is 0 Å². The van der Waals surface area contributed by atoms with Crippen molar-refractivity contribution in [3.05, 3.63) is 54.9 Å². The molecule has 1 unspecified atom stereocenters. The number of pyridine rings is 1. The largest absolute Gasteiger partial charge is 0.399 e. The normalized spacial score (nSPS) is 21.4. The lowest BCUT2D eigenvalue weighted by molar-refractivity contribution is -0.718. The third kappa shape index (κ3) is 2.67. The lowest BCUT2D eigenvalue weighted by Gasteiger charge is -2.23. The van der Waals surface area contributed by atoms with E-state index in [1.54, 1.807) is 0 Å². The molecular weight excluding hydrogens is 264 g/mol. The molecule has 21 heavy (non-hydrogen) atoms. The van der Waals surface area contributed by atoms with E-state index in [0.29, 0.717) is 12.1 Å². The average Bonchev–Trinajstić information content (AvgIpc) is 2.94. The molecule has 0 saturated carbocycles. The van der Waals surface area contributed by atoms with Crippen LogP contribution < -0.4 is 20.9 Å². The number of hydrogen-bond acceptors (Lipinski definition) is 3. The zero-order valence-electron chi connectivity index (χ0n) is 11.7. The van der Waals surface area contributed by atoms with Crippen molar-refractivity contribution in [2.45, 2.75) is 18.5 Å². The first-order valence-corrected chi connectivity index (χ1v) is 7.02. The Labute approximate surface area is 123 Å². The highest BCUT2D eigenvalue weighted by Crippen LogP contribution is 2.29. The molecule has 0 spiro atoms. The van der Waals surface area contributed by atoms with Gasteiger partial charge in [-0.05, 0) is 24.3 Å². The van der Waals surface area contributed by atoms with Crippen molar-refractivity contribution in [2.75, 3.05) is 17.2 Å². The number of anilines is 2. The number of hydrogen-bond donors (Lipinski definition) is 2. The van der Waals surface area contributed by atoms with E-state index >= 15 is 0 Å². The Kier molecular flexibility index (Phi) is 3.48. The Morgan fingerprint density at radius 3 is 2.43 bits per heavy atom. The predicted molar refractivity (Wildman–Crippen MR) is 81.5 cm³/mol. The predicted octanol–water partition coefficient (Wildman–Crippen LogP) is 0.862. The minimum absolute atomic E-state index is 0.237. The van der Waals surface area contributed by atoms with Gasteiger partial charge in [0.2, 0.25) is 5.91 Å². The monoisotopic (exact) mass is 283 g/mol. The minimum Gasteiger partial charge on any atom is -0.399 e. The summed E-state index contributed by atoms with van der Waals surface area (Å²) in [5.74, 6) is -0.286. The third-order valence-corrected chi connectivity index (χ3v) is 3.99. The maximum atomic E-state index is 11.8. The lowest BCUT2D eigenvalue weighted by Crippen LogP contribution is -2.41. The van der Waals surface area contributed by atoms with Crippen LogP contribution in [-0.2, 0) is 4.79 Å². The highest BCUT2D eigenvalue weighted by Gasteiger charge is 2.40. The van der Waals surface area contributed by atoms with Crippen LogP contribution in [0.15, 0.2) is 54.9 Å². The molecule has 5 nitrogen and oxygen atoms in total. The van der Waals surface area contributed by atoms with Crippen LogP contribution >= 0.6 is 0 Å². The smallest absolute Gasteiger partial charge is 0.240 e. The number of amides is 1. The number of nitrogens with zero attached hydrogens (tertiary/aromatic N) is 2. The van der Waals surface area contributed by atoms with Crippen molar-refractivity contribution in [1.82, 2.24) is 0 Å². The molecule has 2 aromatic rings. The fourth-order valence-electron chi connectivity index (χ4n) is 2.91. The number of rotatable bonds is 3. The molecule has 1 aliphatic rings. The van der Waals surface area contributed by atoms with Crippen LogP contribution in [0.2, 0.25) is 0 Å². The van der Waals surface area contributed by atoms with Crippen LogP contribution in [0.4, 0.5) is 11.4 Å². The topological polar surface area (TPSA) is 76.2 Å². The number of benzene rings is 1. The van der Waals surface area contributed by atoms with Crippen molar-refractivity contribution in [3.63, 3.8) is 0 Å². The first-order chi connectivity index (χ1) is 10.1. The van der Waals surface area contributed by atoms with Gasteiger partial charge in [-0.2, -0.15) is 0 Å². The number of primary amides is 1. The van der Waals surface area contributed by atoms with Gasteiger partial charge in [0.15, 0.2) is 18.4 Å². The summed E-state index contributed by atoms with van der Waals surface area (Å²) in [6.07, 6.45) is 4.76. The second kappa shape index (κ2) is 5.44. The molecule has 3 rings (SSSR count). The van der Waals surface area contributed by atoms with E-state index in [1.165, 1.54) is 0 Å². The van der Waals surface area contributed by atoms with E-state index < -0.39 is 0 Å². The van der Waals surface area contributed by atoms with Crippen LogP contribution in [0.25, 0.3) is 0 Å². The molecule has 1 amide bonds. The van der Waals surface area contributed by atoms with Crippen LogP contribution in [0.5, 0.6) is 0 Å². The molecule has 2 atom stereocenters. The maximum absolute atomic E-state index is 11.8. The van der Waals surface area contributed by atoms with Gasteiger partial charge in [0, 0.05) is 29.9 Å². The van der Waals surface area contributed by atoms with E-state index in [9.17, 15) is 4.79 Å². The molecule has 1 aromatic heterocycles. The van der Waals surface area contributed by atoms with E-state index in [0.717, 1.165) is 12.2 Å². The summed E-state index contributed by atoms with van der Waals surface area (Å²) in [7, 11) is 0. The van der Waals surface area contributed by atoms with E-state index in [2.05, 4.69) is 9.47 Å². The second-order valence-corrected chi connectivity index (χ2v) is 5.37. The van der Waals surface area contributed by atoms with Crippen molar-refractivity contribution >= 4 is 17.3 Å². The Morgan fingerprint density at radius 1 is 1.14 bits per heavy atom. The standard InChI is InChI=1S/C16H18N4O/c17-12-4-6-13(7-5-12)20-11-14(10-15(20)16(18)21)19-8-2-1-3-9-19/h1-9,14-15H,10-11,17H2,(H-,18,21)/p+1/t14?,15-/m0/s1. The van der Waals surface area contributed by atoms with Crippen molar-refractivity contribution in [1.29, 1.82) is 0 Å². The summed E-state index contributed by atoms with van der Waals surface area (Å²) in [6, 6.07) is 13.5. The van der Waals surface area contributed by atoms with E-state index in [-0.39, 0.29) is 18.0 Å². The van der Waals surface area contributed by atoms with Crippen molar-refractivity contribution < 1.29 is 9.36 Å². The molecule has 1 aromatic carbocycles. The van der Waals surface area contributed by atoms with Crippen LogP contribution in [-0.4, -0.2) is 18.5 Å². The molecule has 1 fully saturated rings. The first kappa shape index (κ1) is 13.4. The maximum Gasteiger partial charge on any atom is 0.240 e. The van der Waals surface area contributed by atoms with Gasteiger partial charge in [-0.1, -0.05) is 6.07 Å². The Bertz CT molecular complexity index is 626. The van der Waals surface area contributed by atoms with Gasteiger partial charge < -0.3 is 16.4 Å². The van der Waals surface area contributed by atoms with Gasteiger partial charge in [-0.15, -0.1) is 0 Å². The number of nitrogen functional groups attached to an aromatic ring is 1. The molecule has 108 valence electrons. The van der Waals surface area contributed by atoms with E-state index in [4.69, 9.17) is 11.5 Å². The molecule has 0 bridgehead atoms. The molecule has 0 aliphatic carbocycles. The average molecular weight is 283 g/mol. The SMILES string of the molecule is NC(=O)[C@@H]1CC([n+]2ccccc2)CN1c1ccc(N)cc1. The van der Waals surface area contributed by atoms with Gasteiger partial charge >= 0.3 is 0 Å². The molecule has 4 N–H and O–H groups in total. The number of nitrogens with two attached hydrogens (primary N) is 2. The summed E-state index contributed by atoms with van der Waals surface area (Å²) >= 11 is 0. The molecule has 2 heterocycles. The minimum atomic E-state index is -0.286. The van der Waals surface area contributed by atoms with Crippen LogP contribution in [0.1, 0.15) is 12.5 Å².